The monoisotopic (exact) mass is 299 g/mol. The predicted molar refractivity (Wildman–Crippen MR) is 68.6 cm³/mol. The lowest BCUT2D eigenvalue weighted by Crippen LogP contribution is -2.30. The smallest absolute Gasteiger partial charge is 0.335 e. The second kappa shape index (κ2) is 5.51. The number of nitrogens with one attached hydrogen (secondary N) is 1. The molecule has 1 atom stereocenters. The van der Waals surface area contributed by atoms with Gasteiger partial charge in [-0.25, -0.2) is 4.79 Å². The van der Waals surface area contributed by atoms with Crippen LogP contribution in [0.5, 0.6) is 0 Å². The second-order valence-electron chi connectivity index (χ2n) is 4.06. The summed E-state index contributed by atoms with van der Waals surface area (Å²) in [7, 11) is 0. The van der Waals surface area contributed by atoms with Gasteiger partial charge in [0.2, 0.25) is 0 Å². The zero-order chi connectivity index (χ0) is 12.3. The Morgan fingerprint density at radius 3 is 2.94 bits per heavy atom. The third-order valence-electron chi connectivity index (χ3n) is 2.74. The summed E-state index contributed by atoms with van der Waals surface area (Å²) in [6.45, 7) is 1.53. The lowest BCUT2D eigenvalue weighted by Gasteiger charge is -2.24. The first-order valence-electron chi connectivity index (χ1n) is 5.54. The number of aromatic carboxylic acids is 1. The van der Waals surface area contributed by atoms with E-state index in [-0.39, 0.29) is 5.56 Å². The highest BCUT2D eigenvalue weighted by Gasteiger charge is 2.15. The molecule has 1 aliphatic heterocycles. The molecule has 0 amide bonds. The largest absolute Gasteiger partial charge is 0.478 e. The number of hydrogen-bond acceptors (Lipinski definition) is 3. The van der Waals surface area contributed by atoms with E-state index in [0.29, 0.717) is 12.6 Å². The summed E-state index contributed by atoms with van der Waals surface area (Å²) in [5, 5.41) is 12.2. The maximum Gasteiger partial charge on any atom is 0.335 e. The molecule has 1 unspecified atom stereocenters. The van der Waals surface area contributed by atoms with Gasteiger partial charge >= 0.3 is 5.97 Å². The maximum atomic E-state index is 10.8. The molecule has 0 aromatic heterocycles. The number of carbonyl (C=O) groups is 1. The van der Waals surface area contributed by atoms with Gasteiger partial charge in [-0.15, -0.1) is 0 Å². The summed E-state index contributed by atoms with van der Waals surface area (Å²) in [4.78, 5) is 10.8. The number of benzene rings is 1. The molecule has 0 saturated carbocycles. The van der Waals surface area contributed by atoms with Crippen LogP contribution < -0.4 is 5.32 Å². The molecule has 17 heavy (non-hydrogen) atoms. The molecular weight excluding hydrogens is 286 g/mol. The third-order valence-corrected chi connectivity index (χ3v) is 3.39. The molecule has 1 aromatic rings. The van der Waals surface area contributed by atoms with Crippen LogP contribution in [-0.2, 0) is 4.74 Å². The number of ether oxygens (including phenoxy) is 1. The van der Waals surface area contributed by atoms with Crippen molar-refractivity contribution in [2.24, 2.45) is 0 Å². The molecule has 1 aliphatic rings. The molecular formula is C12H14BrNO3. The maximum absolute atomic E-state index is 10.8. The van der Waals surface area contributed by atoms with Crippen LogP contribution in [0.3, 0.4) is 0 Å². The molecule has 0 radical (unpaired) electrons. The quantitative estimate of drug-likeness (QED) is 0.901. The first kappa shape index (κ1) is 12.4. The van der Waals surface area contributed by atoms with E-state index in [4.69, 9.17) is 9.84 Å². The van der Waals surface area contributed by atoms with Crippen LogP contribution in [0.2, 0.25) is 0 Å². The Hall–Kier alpha value is -1.07. The number of hydrogen-bond donors (Lipinski definition) is 2. The zero-order valence-electron chi connectivity index (χ0n) is 9.28. The molecule has 1 fully saturated rings. The number of halogens is 1. The van der Waals surface area contributed by atoms with Crippen molar-refractivity contribution in [1.82, 2.24) is 0 Å². The van der Waals surface area contributed by atoms with E-state index < -0.39 is 5.97 Å². The fourth-order valence-electron chi connectivity index (χ4n) is 1.84. The van der Waals surface area contributed by atoms with Crippen LogP contribution in [0.25, 0.3) is 0 Å². The molecule has 0 bridgehead atoms. The van der Waals surface area contributed by atoms with Crippen molar-refractivity contribution in [3.05, 3.63) is 28.2 Å². The summed E-state index contributed by atoms with van der Waals surface area (Å²) in [6, 6.07) is 5.28. The Labute approximate surface area is 108 Å². The minimum absolute atomic E-state index is 0.280. The summed E-state index contributed by atoms with van der Waals surface area (Å²) < 4.78 is 6.15. The topological polar surface area (TPSA) is 58.6 Å². The van der Waals surface area contributed by atoms with Crippen molar-refractivity contribution in [3.8, 4) is 0 Å². The van der Waals surface area contributed by atoms with Crippen LogP contribution in [0.1, 0.15) is 23.2 Å². The SMILES string of the molecule is O=C(O)c1ccc(NC2CCCOC2)c(Br)c1. The summed E-state index contributed by atoms with van der Waals surface area (Å²) in [6.07, 6.45) is 2.13. The Bertz CT molecular complexity index is 416. The molecule has 2 N–H and O–H groups in total. The Balaban J connectivity index is 2.08. The standard InChI is InChI=1S/C12H14BrNO3/c13-10-6-8(12(15)16)3-4-11(10)14-9-2-1-5-17-7-9/h3-4,6,9,14H,1-2,5,7H2,(H,15,16). The van der Waals surface area contributed by atoms with Crippen molar-refractivity contribution in [1.29, 1.82) is 0 Å². The Kier molecular flexibility index (Phi) is 4.02. The van der Waals surface area contributed by atoms with E-state index in [1.165, 1.54) is 0 Å². The lowest BCUT2D eigenvalue weighted by atomic mass is 10.1. The van der Waals surface area contributed by atoms with Crippen molar-refractivity contribution in [2.45, 2.75) is 18.9 Å². The van der Waals surface area contributed by atoms with E-state index in [0.717, 1.165) is 29.6 Å². The van der Waals surface area contributed by atoms with Crippen molar-refractivity contribution in [2.75, 3.05) is 18.5 Å². The van der Waals surface area contributed by atoms with E-state index in [9.17, 15) is 4.79 Å². The van der Waals surface area contributed by atoms with Crippen LogP contribution in [0, 0.1) is 0 Å². The Morgan fingerprint density at radius 2 is 2.35 bits per heavy atom. The highest BCUT2D eigenvalue weighted by molar-refractivity contribution is 9.10. The molecule has 1 heterocycles. The summed E-state index contributed by atoms with van der Waals surface area (Å²) in [5.74, 6) is -0.918. The normalized spacial score (nSPS) is 19.9. The molecule has 0 spiro atoms. The van der Waals surface area contributed by atoms with E-state index in [2.05, 4.69) is 21.2 Å². The minimum Gasteiger partial charge on any atom is -0.478 e. The zero-order valence-corrected chi connectivity index (χ0v) is 10.9. The second-order valence-corrected chi connectivity index (χ2v) is 4.91. The Morgan fingerprint density at radius 1 is 1.53 bits per heavy atom. The van der Waals surface area contributed by atoms with Gasteiger partial charge in [0.1, 0.15) is 0 Å². The van der Waals surface area contributed by atoms with Crippen molar-refractivity contribution in [3.63, 3.8) is 0 Å². The van der Waals surface area contributed by atoms with Gasteiger partial charge in [-0.1, -0.05) is 0 Å². The first-order valence-corrected chi connectivity index (χ1v) is 6.33. The molecule has 0 aliphatic carbocycles. The average molecular weight is 300 g/mol. The van der Waals surface area contributed by atoms with Crippen molar-refractivity contribution < 1.29 is 14.6 Å². The van der Waals surface area contributed by atoms with Gasteiger partial charge in [-0.3, -0.25) is 0 Å². The minimum atomic E-state index is -0.918. The summed E-state index contributed by atoms with van der Waals surface area (Å²) in [5.41, 5.74) is 1.19. The van der Waals surface area contributed by atoms with Gasteiger partial charge in [-0.2, -0.15) is 0 Å². The van der Waals surface area contributed by atoms with Gasteiger partial charge in [-0.05, 0) is 47.0 Å². The highest BCUT2D eigenvalue weighted by Crippen LogP contribution is 2.25. The van der Waals surface area contributed by atoms with Crippen LogP contribution in [0.15, 0.2) is 22.7 Å². The molecule has 4 nitrogen and oxygen atoms in total. The number of anilines is 1. The fraction of sp³-hybridized carbons (Fsp3) is 0.417. The van der Waals surface area contributed by atoms with Gasteiger partial charge in [0.05, 0.1) is 12.2 Å². The predicted octanol–water partition coefficient (Wildman–Crippen LogP) is 2.74. The van der Waals surface area contributed by atoms with Gasteiger partial charge < -0.3 is 15.2 Å². The van der Waals surface area contributed by atoms with Gasteiger partial charge in [0, 0.05) is 22.8 Å². The average Bonchev–Trinajstić information content (AvgIpc) is 2.33. The van der Waals surface area contributed by atoms with Crippen molar-refractivity contribution >= 4 is 27.6 Å². The lowest BCUT2D eigenvalue weighted by molar-refractivity contribution is 0.0697. The molecule has 92 valence electrons. The number of carboxylic acids is 1. The van der Waals surface area contributed by atoms with Crippen LogP contribution >= 0.6 is 15.9 Å². The number of carboxylic acid groups (broad SMARTS) is 1. The molecule has 1 aromatic carbocycles. The van der Waals surface area contributed by atoms with Crippen LogP contribution in [-0.4, -0.2) is 30.3 Å². The fourth-order valence-corrected chi connectivity index (χ4v) is 2.33. The molecule has 2 rings (SSSR count). The van der Waals surface area contributed by atoms with Gasteiger partial charge in [0.15, 0.2) is 0 Å². The van der Waals surface area contributed by atoms with Crippen LogP contribution in [0.4, 0.5) is 5.69 Å². The summed E-state index contributed by atoms with van der Waals surface area (Å²) >= 11 is 3.38. The third kappa shape index (κ3) is 3.20. The number of rotatable bonds is 3. The van der Waals surface area contributed by atoms with Gasteiger partial charge in [0.25, 0.3) is 0 Å². The first-order chi connectivity index (χ1) is 8.16. The molecule has 5 heteroatoms. The van der Waals surface area contributed by atoms with E-state index >= 15 is 0 Å². The molecule has 1 saturated heterocycles. The van der Waals surface area contributed by atoms with E-state index in [1.54, 1.807) is 18.2 Å². The van der Waals surface area contributed by atoms with E-state index in [1.807, 2.05) is 0 Å². The highest BCUT2D eigenvalue weighted by atomic mass is 79.9.